The second-order valence-corrected chi connectivity index (χ2v) is 14.5. The van der Waals surface area contributed by atoms with Crippen molar-refractivity contribution < 1.29 is 42.3 Å². The van der Waals surface area contributed by atoms with Crippen LogP contribution >= 0.6 is 0 Å². The van der Waals surface area contributed by atoms with Gasteiger partial charge in [0.05, 0.1) is 31.3 Å². The van der Waals surface area contributed by atoms with E-state index in [1.165, 1.54) is 12.1 Å². The first-order valence-electron chi connectivity index (χ1n) is 17.6. The number of hydrogen-bond donors (Lipinski definition) is 0. The number of nitrogens with zero attached hydrogens (tertiary/aromatic N) is 2. The van der Waals surface area contributed by atoms with Crippen molar-refractivity contribution in [3.63, 3.8) is 0 Å². The molecule has 7 rings (SSSR count). The highest BCUT2D eigenvalue weighted by molar-refractivity contribution is 5.70. The molecule has 3 aromatic carbocycles. The molecule has 50 heavy (non-hydrogen) atoms. The van der Waals surface area contributed by atoms with Crippen molar-refractivity contribution in [2.75, 3.05) is 33.1 Å². The first-order valence-corrected chi connectivity index (χ1v) is 17.6. The number of ether oxygens (including phenoxy) is 7. The standard InChI is InChI=1S/C39H47FN2O8/c1-25(2)19-41(20-27-10-13-33-34(18-27)48-24-47-33)21-35-32(17-26-8-11-30(12-9-26)45-22-28-6-5-7-29(40)16-28)42(39(3,4)50-35)38(43)49-36-23-46-37-31(36)14-15-44-37/h5-13,16,18,25,31-32,35-37H,14-15,17,19-24H2,1-4H3/t31-,32-,35+,36-,37+/m0/s1. The zero-order valence-corrected chi connectivity index (χ0v) is 29.2. The topological polar surface area (TPSA) is 88.2 Å². The van der Waals surface area contributed by atoms with Crippen LogP contribution in [0.3, 0.4) is 0 Å². The highest BCUT2D eigenvalue weighted by Crippen LogP contribution is 2.39. The van der Waals surface area contributed by atoms with Crippen molar-refractivity contribution in [1.82, 2.24) is 9.80 Å². The molecule has 4 aliphatic rings. The number of fused-ring (bicyclic) bond motifs is 2. The van der Waals surface area contributed by atoms with E-state index in [1.54, 1.807) is 11.0 Å². The summed E-state index contributed by atoms with van der Waals surface area (Å²) in [5.41, 5.74) is 1.97. The summed E-state index contributed by atoms with van der Waals surface area (Å²) in [6.45, 7) is 11.8. The molecule has 4 aliphatic heterocycles. The molecule has 0 unspecified atom stereocenters. The Balaban J connectivity index is 1.11. The first-order chi connectivity index (χ1) is 24.1. The Morgan fingerprint density at radius 3 is 2.60 bits per heavy atom. The smallest absolute Gasteiger partial charge is 0.412 e. The van der Waals surface area contributed by atoms with Crippen molar-refractivity contribution in [2.45, 2.75) is 84.0 Å². The van der Waals surface area contributed by atoms with Crippen molar-refractivity contribution in [2.24, 2.45) is 11.8 Å². The molecule has 5 atom stereocenters. The monoisotopic (exact) mass is 690 g/mol. The van der Waals surface area contributed by atoms with Crippen LogP contribution < -0.4 is 14.2 Å². The van der Waals surface area contributed by atoms with Gasteiger partial charge in [-0.3, -0.25) is 9.80 Å². The molecule has 1 amide bonds. The summed E-state index contributed by atoms with van der Waals surface area (Å²) in [6.07, 6.45) is -0.0679. The van der Waals surface area contributed by atoms with Crippen LogP contribution in [0.5, 0.6) is 17.2 Å². The molecule has 3 aromatic rings. The number of carbonyl (C=O) groups excluding carboxylic acids is 1. The van der Waals surface area contributed by atoms with Crippen LogP contribution in [0.1, 0.15) is 50.8 Å². The van der Waals surface area contributed by atoms with Crippen molar-refractivity contribution in [3.8, 4) is 17.2 Å². The highest BCUT2D eigenvalue weighted by Gasteiger charge is 2.52. The molecule has 268 valence electrons. The van der Waals surface area contributed by atoms with Crippen molar-refractivity contribution in [1.29, 1.82) is 0 Å². The van der Waals surface area contributed by atoms with E-state index in [9.17, 15) is 9.18 Å². The van der Waals surface area contributed by atoms with Gasteiger partial charge in [0.25, 0.3) is 0 Å². The van der Waals surface area contributed by atoms with Crippen molar-refractivity contribution >= 4 is 6.09 Å². The fourth-order valence-corrected chi connectivity index (χ4v) is 7.57. The highest BCUT2D eigenvalue weighted by atomic mass is 19.1. The third kappa shape index (κ3) is 7.86. The van der Waals surface area contributed by atoms with E-state index in [0.29, 0.717) is 44.4 Å². The largest absolute Gasteiger partial charge is 0.489 e. The predicted molar refractivity (Wildman–Crippen MR) is 182 cm³/mol. The first kappa shape index (κ1) is 34.5. The molecule has 0 aromatic heterocycles. The van der Waals surface area contributed by atoms with Gasteiger partial charge in [0.1, 0.15) is 30.0 Å². The maximum atomic E-state index is 14.2. The van der Waals surface area contributed by atoms with Gasteiger partial charge in [-0.15, -0.1) is 0 Å². The van der Waals surface area contributed by atoms with Gasteiger partial charge in [-0.1, -0.05) is 44.2 Å². The molecule has 0 spiro atoms. The minimum absolute atomic E-state index is 0.0305. The third-order valence-corrected chi connectivity index (χ3v) is 9.78. The Morgan fingerprint density at radius 1 is 1.00 bits per heavy atom. The van der Waals surface area contributed by atoms with Crippen LogP contribution in [0.4, 0.5) is 9.18 Å². The van der Waals surface area contributed by atoms with Crippen LogP contribution in [0, 0.1) is 17.7 Å². The molecule has 11 heteroatoms. The molecule has 0 radical (unpaired) electrons. The zero-order chi connectivity index (χ0) is 34.8. The fourth-order valence-electron chi connectivity index (χ4n) is 7.57. The normalized spacial score (nSPS) is 25.0. The summed E-state index contributed by atoms with van der Waals surface area (Å²) in [5.74, 6) is 2.33. The average Bonchev–Trinajstić information content (AvgIpc) is 3.85. The van der Waals surface area contributed by atoms with Crippen LogP contribution in [0.2, 0.25) is 0 Å². The van der Waals surface area contributed by atoms with Crippen LogP contribution in [-0.4, -0.2) is 79.3 Å². The average molecular weight is 691 g/mol. The summed E-state index contributed by atoms with van der Waals surface area (Å²) in [7, 11) is 0. The lowest BCUT2D eigenvalue weighted by Crippen LogP contribution is -2.51. The molecule has 4 heterocycles. The Kier molecular flexibility index (Phi) is 10.2. The fraction of sp³-hybridized carbons (Fsp3) is 0.513. The Hall–Kier alpha value is -3.90. The Morgan fingerprint density at radius 2 is 1.80 bits per heavy atom. The van der Waals surface area contributed by atoms with E-state index in [0.717, 1.165) is 41.2 Å². The van der Waals surface area contributed by atoms with Gasteiger partial charge in [-0.05, 0) is 85.7 Å². The molecule has 3 saturated heterocycles. The lowest BCUT2D eigenvalue weighted by atomic mass is 9.99. The van der Waals surface area contributed by atoms with E-state index in [2.05, 4.69) is 24.8 Å². The predicted octanol–water partition coefficient (Wildman–Crippen LogP) is 6.54. The van der Waals surface area contributed by atoms with Gasteiger partial charge in [0.15, 0.2) is 17.8 Å². The maximum Gasteiger partial charge on any atom is 0.412 e. The Bertz CT molecular complexity index is 1630. The number of benzene rings is 3. The molecule has 0 bridgehead atoms. The molecule has 0 aliphatic carbocycles. The summed E-state index contributed by atoms with van der Waals surface area (Å²) in [6, 6.07) is 20.0. The lowest BCUT2D eigenvalue weighted by molar-refractivity contribution is -0.0912. The van der Waals surface area contributed by atoms with Crippen LogP contribution in [0.25, 0.3) is 0 Å². The zero-order valence-electron chi connectivity index (χ0n) is 29.2. The molecular weight excluding hydrogens is 643 g/mol. The molecule has 10 nitrogen and oxygen atoms in total. The Labute approximate surface area is 293 Å². The molecule has 0 saturated carbocycles. The lowest BCUT2D eigenvalue weighted by Gasteiger charge is -2.34. The van der Waals surface area contributed by atoms with E-state index >= 15 is 0 Å². The van der Waals surface area contributed by atoms with Gasteiger partial charge in [0, 0.05) is 19.6 Å². The van der Waals surface area contributed by atoms with Gasteiger partial charge >= 0.3 is 6.09 Å². The maximum absolute atomic E-state index is 14.2. The van der Waals surface area contributed by atoms with Crippen LogP contribution in [-0.2, 0) is 38.5 Å². The number of halogens is 1. The van der Waals surface area contributed by atoms with E-state index in [-0.39, 0.29) is 49.7 Å². The minimum atomic E-state index is -0.923. The van der Waals surface area contributed by atoms with Gasteiger partial charge in [-0.25, -0.2) is 9.18 Å². The summed E-state index contributed by atoms with van der Waals surface area (Å²) >= 11 is 0. The van der Waals surface area contributed by atoms with Gasteiger partial charge < -0.3 is 33.2 Å². The van der Waals surface area contributed by atoms with E-state index < -0.39 is 11.8 Å². The van der Waals surface area contributed by atoms with Crippen LogP contribution in [0.15, 0.2) is 66.7 Å². The second kappa shape index (κ2) is 14.8. The van der Waals surface area contributed by atoms with Gasteiger partial charge in [0.2, 0.25) is 6.79 Å². The molecule has 0 N–H and O–H groups in total. The number of hydrogen-bond acceptors (Lipinski definition) is 9. The minimum Gasteiger partial charge on any atom is -0.489 e. The number of carbonyl (C=O) groups is 1. The molecular formula is C39H47FN2O8. The quantitative estimate of drug-likeness (QED) is 0.210. The van der Waals surface area contributed by atoms with Crippen molar-refractivity contribution in [3.05, 3.63) is 89.2 Å². The summed E-state index contributed by atoms with van der Waals surface area (Å²) in [5, 5.41) is 0. The van der Waals surface area contributed by atoms with E-state index in [1.807, 2.05) is 56.3 Å². The third-order valence-electron chi connectivity index (χ3n) is 9.78. The van der Waals surface area contributed by atoms with Gasteiger partial charge in [-0.2, -0.15) is 0 Å². The number of rotatable bonds is 12. The SMILES string of the molecule is CC(C)CN(Cc1ccc2c(c1)OCO2)C[C@H]1OC(C)(C)N(C(=O)O[C@H]2CO[C@H]3OCC[C@H]32)[C@H]1Cc1ccc(OCc2cccc(F)c2)cc1. The van der Waals surface area contributed by atoms with E-state index in [4.69, 9.17) is 33.2 Å². The summed E-state index contributed by atoms with van der Waals surface area (Å²) < 4.78 is 55.2. The molecule has 3 fully saturated rings. The summed E-state index contributed by atoms with van der Waals surface area (Å²) in [4.78, 5) is 18.3. The second-order valence-electron chi connectivity index (χ2n) is 14.5. The number of amides is 1.